The highest BCUT2D eigenvalue weighted by Crippen LogP contribution is 2.20. The molecule has 3 nitrogen and oxygen atoms in total. The van der Waals surface area contributed by atoms with Crippen LogP contribution >= 0.6 is 11.6 Å². The topological polar surface area (TPSA) is 40.5 Å². The van der Waals surface area contributed by atoms with E-state index in [9.17, 15) is 4.79 Å². The third kappa shape index (κ3) is 3.28. The van der Waals surface area contributed by atoms with E-state index in [1.165, 1.54) is 0 Å². The number of halogens is 1. The number of β-amino-alcohol motifs (C(OH)–C–C–N with tert-alkyl or cyclic N) is 1. The smallest absolute Gasteiger partial charge is 0.182 e. The minimum absolute atomic E-state index is 0.0186. The molecule has 94 valence electrons. The number of aliphatic hydroxyl groups is 1. The Morgan fingerprint density at radius 2 is 1.88 bits per heavy atom. The summed E-state index contributed by atoms with van der Waals surface area (Å²) in [7, 11) is 1.82. The van der Waals surface area contributed by atoms with Crippen molar-refractivity contribution < 1.29 is 9.90 Å². The quantitative estimate of drug-likeness (QED) is 0.821. The van der Waals surface area contributed by atoms with Crippen LogP contribution in [0.5, 0.6) is 0 Å². The molecule has 0 aliphatic heterocycles. The minimum atomic E-state index is -0.642. The first-order valence-corrected chi connectivity index (χ1v) is 5.90. The highest BCUT2D eigenvalue weighted by Gasteiger charge is 2.32. The van der Waals surface area contributed by atoms with Gasteiger partial charge in [0.15, 0.2) is 5.78 Å². The molecule has 0 aliphatic rings. The van der Waals surface area contributed by atoms with Gasteiger partial charge in [0.05, 0.1) is 12.1 Å². The molecular formula is C13H18ClNO2. The molecule has 0 saturated carbocycles. The number of ketones is 1. The number of Topliss-reactive ketones (excluding diaryl/α,β-unsaturated/α-hetero) is 1. The lowest BCUT2D eigenvalue weighted by molar-refractivity contribution is 0.0666. The van der Waals surface area contributed by atoms with Crippen molar-refractivity contribution in [2.75, 3.05) is 20.2 Å². The number of hydrogen-bond acceptors (Lipinski definition) is 3. The molecule has 1 aromatic carbocycles. The van der Waals surface area contributed by atoms with Crippen LogP contribution in [0, 0.1) is 0 Å². The Bertz CT molecular complexity index is 387. The van der Waals surface area contributed by atoms with Gasteiger partial charge in [0.1, 0.15) is 0 Å². The molecule has 0 spiro atoms. The monoisotopic (exact) mass is 255 g/mol. The van der Waals surface area contributed by atoms with Crippen molar-refractivity contribution in [1.82, 2.24) is 4.90 Å². The fraction of sp³-hybridized carbons (Fsp3) is 0.462. The molecule has 0 atom stereocenters. The first kappa shape index (κ1) is 14.2. The molecular weight excluding hydrogens is 238 g/mol. The van der Waals surface area contributed by atoms with Crippen molar-refractivity contribution in [1.29, 1.82) is 0 Å². The summed E-state index contributed by atoms with van der Waals surface area (Å²) >= 11 is 5.79. The van der Waals surface area contributed by atoms with Crippen molar-refractivity contribution >= 4 is 17.4 Å². The number of rotatable bonds is 5. The fourth-order valence-electron chi connectivity index (χ4n) is 1.56. The third-order valence-electron chi connectivity index (χ3n) is 3.05. The normalized spacial score (nSPS) is 11.9. The molecule has 4 heteroatoms. The minimum Gasteiger partial charge on any atom is -0.395 e. The van der Waals surface area contributed by atoms with Gasteiger partial charge in [-0.25, -0.2) is 0 Å². The Kier molecular flexibility index (Phi) is 4.69. The highest BCUT2D eigenvalue weighted by atomic mass is 35.5. The van der Waals surface area contributed by atoms with Gasteiger partial charge < -0.3 is 5.11 Å². The molecule has 0 aliphatic carbocycles. The van der Waals surface area contributed by atoms with E-state index in [1.807, 2.05) is 25.8 Å². The number of hydrogen-bond donors (Lipinski definition) is 1. The summed E-state index contributed by atoms with van der Waals surface area (Å²) < 4.78 is 0. The van der Waals surface area contributed by atoms with Crippen LogP contribution in [0.3, 0.4) is 0 Å². The second kappa shape index (κ2) is 5.63. The standard InChI is InChI=1S/C13H18ClNO2/c1-13(2,15(3)8-9-16)12(17)10-4-6-11(14)7-5-10/h4-7,16H,8-9H2,1-3H3. The van der Waals surface area contributed by atoms with Crippen molar-refractivity contribution in [2.24, 2.45) is 0 Å². The summed E-state index contributed by atoms with van der Waals surface area (Å²) in [6, 6.07) is 6.85. The predicted octanol–water partition coefficient (Wildman–Crippen LogP) is 2.23. The fourth-order valence-corrected chi connectivity index (χ4v) is 1.68. The van der Waals surface area contributed by atoms with Gasteiger partial charge in [-0.2, -0.15) is 0 Å². The van der Waals surface area contributed by atoms with Crippen molar-refractivity contribution in [3.8, 4) is 0 Å². The molecule has 1 N–H and O–H groups in total. The van der Waals surface area contributed by atoms with Gasteiger partial charge in [-0.3, -0.25) is 9.69 Å². The Morgan fingerprint density at radius 1 is 1.35 bits per heavy atom. The molecule has 0 bridgehead atoms. The number of nitrogens with zero attached hydrogens (tertiary/aromatic N) is 1. The van der Waals surface area contributed by atoms with E-state index in [4.69, 9.17) is 16.7 Å². The molecule has 0 aromatic heterocycles. The van der Waals surface area contributed by atoms with Crippen molar-refractivity contribution in [2.45, 2.75) is 19.4 Å². The van der Waals surface area contributed by atoms with Gasteiger partial charge in [0, 0.05) is 17.1 Å². The molecule has 1 rings (SSSR count). The van der Waals surface area contributed by atoms with Crippen molar-refractivity contribution in [3.05, 3.63) is 34.9 Å². The van der Waals surface area contributed by atoms with Crippen LogP contribution in [-0.2, 0) is 0 Å². The van der Waals surface area contributed by atoms with E-state index < -0.39 is 5.54 Å². The number of aliphatic hydroxyl groups excluding tert-OH is 1. The van der Waals surface area contributed by atoms with Crippen LogP contribution in [0.4, 0.5) is 0 Å². The second-order valence-electron chi connectivity index (χ2n) is 4.54. The van der Waals surface area contributed by atoms with E-state index in [2.05, 4.69) is 0 Å². The van der Waals surface area contributed by atoms with Gasteiger partial charge in [0.2, 0.25) is 0 Å². The molecule has 1 aromatic rings. The third-order valence-corrected chi connectivity index (χ3v) is 3.30. The maximum Gasteiger partial charge on any atom is 0.182 e. The SMILES string of the molecule is CN(CCO)C(C)(C)C(=O)c1ccc(Cl)cc1. The van der Waals surface area contributed by atoms with Gasteiger partial charge >= 0.3 is 0 Å². The zero-order chi connectivity index (χ0) is 13.1. The lowest BCUT2D eigenvalue weighted by atomic mass is 9.91. The van der Waals surface area contributed by atoms with Gasteiger partial charge in [-0.15, -0.1) is 0 Å². The van der Waals surface area contributed by atoms with Gasteiger partial charge in [-0.1, -0.05) is 11.6 Å². The molecule has 0 heterocycles. The summed E-state index contributed by atoms with van der Waals surface area (Å²) in [4.78, 5) is 14.2. The van der Waals surface area contributed by atoms with Crippen LogP contribution < -0.4 is 0 Å². The maximum absolute atomic E-state index is 12.3. The first-order chi connectivity index (χ1) is 7.89. The average Bonchev–Trinajstić information content (AvgIpc) is 2.29. The van der Waals surface area contributed by atoms with Crippen LogP contribution in [0.1, 0.15) is 24.2 Å². The Morgan fingerprint density at radius 3 is 2.35 bits per heavy atom. The maximum atomic E-state index is 12.3. The van der Waals surface area contributed by atoms with Gasteiger partial charge in [-0.05, 0) is 45.2 Å². The van der Waals surface area contributed by atoms with Crippen LogP contribution in [-0.4, -0.2) is 41.5 Å². The van der Waals surface area contributed by atoms with Gasteiger partial charge in [0.25, 0.3) is 0 Å². The summed E-state index contributed by atoms with van der Waals surface area (Å²) in [6.07, 6.45) is 0. The van der Waals surface area contributed by atoms with E-state index >= 15 is 0 Å². The first-order valence-electron chi connectivity index (χ1n) is 5.52. The Labute approximate surface area is 107 Å². The highest BCUT2D eigenvalue weighted by molar-refractivity contribution is 6.30. The van der Waals surface area contributed by atoms with E-state index in [-0.39, 0.29) is 12.4 Å². The molecule has 0 fully saturated rings. The average molecular weight is 256 g/mol. The summed E-state index contributed by atoms with van der Waals surface area (Å²) in [6.45, 7) is 4.19. The molecule has 0 saturated heterocycles. The van der Waals surface area contributed by atoms with Crippen molar-refractivity contribution in [3.63, 3.8) is 0 Å². The van der Waals surface area contributed by atoms with Crippen LogP contribution in [0.25, 0.3) is 0 Å². The van der Waals surface area contributed by atoms with Crippen LogP contribution in [0.2, 0.25) is 5.02 Å². The second-order valence-corrected chi connectivity index (χ2v) is 4.98. The van der Waals surface area contributed by atoms with E-state index in [0.29, 0.717) is 17.1 Å². The van der Waals surface area contributed by atoms with E-state index in [1.54, 1.807) is 24.3 Å². The lowest BCUT2D eigenvalue weighted by Gasteiger charge is -2.33. The Hall–Kier alpha value is -0.900. The lowest BCUT2D eigenvalue weighted by Crippen LogP contribution is -2.49. The molecule has 0 amide bonds. The number of benzene rings is 1. The molecule has 17 heavy (non-hydrogen) atoms. The summed E-state index contributed by atoms with van der Waals surface area (Å²) in [5.74, 6) is 0.0186. The van der Waals surface area contributed by atoms with E-state index in [0.717, 1.165) is 0 Å². The predicted molar refractivity (Wildman–Crippen MR) is 69.6 cm³/mol. The summed E-state index contributed by atoms with van der Waals surface area (Å²) in [5.41, 5.74) is -0.0134. The zero-order valence-corrected chi connectivity index (χ0v) is 11.2. The number of carbonyl (C=O) groups is 1. The largest absolute Gasteiger partial charge is 0.395 e. The number of carbonyl (C=O) groups excluding carboxylic acids is 1. The Balaban J connectivity index is 2.91. The number of likely N-dealkylation sites (N-methyl/N-ethyl adjacent to an activating group) is 1. The molecule has 0 unspecified atom stereocenters. The van der Waals surface area contributed by atoms with Crippen LogP contribution in [0.15, 0.2) is 24.3 Å². The zero-order valence-electron chi connectivity index (χ0n) is 10.4. The molecule has 0 radical (unpaired) electrons. The summed E-state index contributed by atoms with van der Waals surface area (Å²) in [5, 5.41) is 9.53.